The van der Waals surface area contributed by atoms with Gasteiger partial charge in [-0.15, -0.1) is 0 Å². The van der Waals surface area contributed by atoms with Crippen LogP contribution in [0.4, 0.5) is 5.69 Å². The van der Waals surface area contributed by atoms with Gasteiger partial charge < -0.3 is 10.4 Å². The van der Waals surface area contributed by atoms with Crippen molar-refractivity contribution in [1.82, 2.24) is 0 Å². The van der Waals surface area contributed by atoms with E-state index in [1.165, 1.54) is 6.07 Å². The standard InChI is InChI=1S/C16H17NO2/c1-10-7-11(2)15(12(3)8-10)16(19)17-13-5-4-6-14(18)9-13/h4-9,18H,1-3H3,(H,17,19). The van der Waals surface area contributed by atoms with Crippen molar-refractivity contribution in [3.63, 3.8) is 0 Å². The number of aromatic hydroxyl groups is 1. The maximum atomic E-state index is 12.3. The minimum absolute atomic E-state index is 0.134. The summed E-state index contributed by atoms with van der Waals surface area (Å²) >= 11 is 0. The second-order valence-corrected chi connectivity index (χ2v) is 4.78. The Morgan fingerprint density at radius 2 is 1.68 bits per heavy atom. The van der Waals surface area contributed by atoms with Crippen LogP contribution in [-0.4, -0.2) is 11.0 Å². The minimum atomic E-state index is -0.152. The number of amides is 1. The highest BCUT2D eigenvalue weighted by Crippen LogP contribution is 2.20. The lowest BCUT2D eigenvalue weighted by Gasteiger charge is -2.11. The Kier molecular flexibility index (Phi) is 3.56. The summed E-state index contributed by atoms with van der Waals surface area (Å²) in [4.78, 5) is 12.3. The van der Waals surface area contributed by atoms with E-state index in [1.54, 1.807) is 18.2 Å². The van der Waals surface area contributed by atoms with Crippen LogP contribution >= 0.6 is 0 Å². The fourth-order valence-electron chi connectivity index (χ4n) is 2.32. The number of carbonyl (C=O) groups is 1. The van der Waals surface area contributed by atoms with Crippen molar-refractivity contribution < 1.29 is 9.90 Å². The van der Waals surface area contributed by atoms with Gasteiger partial charge in [0.2, 0.25) is 0 Å². The van der Waals surface area contributed by atoms with Gasteiger partial charge in [0.25, 0.3) is 5.91 Å². The number of nitrogens with one attached hydrogen (secondary N) is 1. The molecule has 0 aliphatic carbocycles. The molecule has 2 N–H and O–H groups in total. The molecule has 0 aliphatic heterocycles. The van der Waals surface area contributed by atoms with Gasteiger partial charge in [-0.1, -0.05) is 23.8 Å². The third-order valence-corrected chi connectivity index (χ3v) is 3.01. The smallest absolute Gasteiger partial charge is 0.256 e. The maximum absolute atomic E-state index is 12.3. The first-order valence-electron chi connectivity index (χ1n) is 6.15. The van der Waals surface area contributed by atoms with Gasteiger partial charge in [-0.25, -0.2) is 0 Å². The van der Waals surface area contributed by atoms with Gasteiger partial charge in [-0.3, -0.25) is 4.79 Å². The molecule has 0 saturated heterocycles. The highest BCUT2D eigenvalue weighted by atomic mass is 16.3. The lowest BCUT2D eigenvalue weighted by atomic mass is 9.99. The van der Waals surface area contributed by atoms with Gasteiger partial charge in [0.05, 0.1) is 0 Å². The molecule has 0 saturated carbocycles. The van der Waals surface area contributed by atoms with E-state index in [1.807, 2.05) is 32.9 Å². The Morgan fingerprint density at radius 3 is 2.26 bits per heavy atom. The predicted molar refractivity (Wildman–Crippen MR) is 76.7 cm³/mol. The summed E-state index contributed by atoms with van der Waals surface area (Å²) in [5.41, 5.74) is 4.33. The Bertz CT molecular complexity index is 609. The molecule has 2 aromatic rings. The van der Waals surface area contributed by atoms with E-state index in [0.717, 1.165) is 16.7 Å². The summed E-state index contributed by atoms with van der Waals surface area (Å²) in [5, 5.41) is 12.2. The first-order valence-corrected chi connectivity index (χ1v) is 6.15. The van der Waals surface area contributed by atoms with Crippen molar-refractivity contribution >= 4 is 11.6 Å². The zero-order valence-corrected chi connectivity index (χ0v) is 11.3. The maximum Gasteiger partial charge on any atom is 0.256 e. The van der Waals surface area contributed by atoms with Gasteiger partial charge in [0.1, 0.15) is 5.75 Å². The van der Waals surface area contributed by atoms with Gasteiger partial charge in [-0.2, -0.15) is 0 Å². The number of carbonyl (C=O) groups excluding carboxylic acids is 1. The SMILES string of the molecule is Cc1cc(C)c(C(=O)Nc2cccc(O)c2)c(C)c1. The Morgan fingerprint density at radius 1 is 1.05 bits per heavy atom. The molecule has 0 unspecified atom stereocenters. The number of rotatable bonds is 2. The lowest BCUT2D eigenvalue weighted by Crippen LogP contribution is -2.15. The zero-order chi connectivity index (χ0) is 14.0. The molecule has 0 radical (unpaired) electrons. The summed E-state index contributed by atoms with van der Waals surface area (Å²) in [6.45, 7) is 5.87. The number of hydrogen-bond acceptors (Lipinski definition) is 2. The summed E-state index contributed by atoms with van der Waals surface area (Å²) < 4.78 is 0. The number of aryl methyl sites for hydroxylation is 3. The van der Waals surface area contributed by atoms with E-state index < -0.39 is 0 Å². The first kappa shape index (κ1) is 13.1. The highest BCUT2D eigenvalue weighted by Gasteiger charge is 2.13. The van der Waals surface area contributed by atoms with Crippen LogP contribution in [0.1, 0.15) is 27.0 Å². The van der Waals surface area contributed by atoms with Crippen LogP contribution in [0.5, 0.6) is 5.75 Å². The second kappa shape index (κ2) is 5.14. The monoisotopic (exact) mass is 255 g/mol. The molecule has 0 heterocycles. The second-order valence-electron chi connectivity index (χ2n) is 4.78. The Balaban J connectivity index is 2.31. The van der Waals surface area contributed by atoms with E-state index in [4.69, 9.17) is 0 Å². The summed E-state index contributed by atoms with van der Waals surface area (Å²) in [6.07, 6.45) is 0. The summed E-state index contributed by atoms with van der Waals surface area (Å²) in [5.74, 6) is -0.0178. The van der Waals surface area contributed by atoms with E-state index in [9.17, 15) is 9.90 Å². The van der Waals surface area contributed by atoms with Crippen LogP contribution in [0, 0.1) is 20.8 Å². The third kappa shape index (κ3) is 2.94. The van der Waals surface area contributed by atoms with Crippen LogP contribution < -0.4 is 5.32 Å². The molecular weight excluding hydrogens is 238 g/mol. The number of hydrogen-bond donors (Lipinski definition) is 2. The Hall–Kier alpha value is -2.29. The molecular formula is C16H17NO2. The van der Waals surface area contributed by atoms with Crippen molar-refractivity contribution in [3.05, 3.63) is 58.7 Å². The molecule has 2 rings (SSSR count). The van der Waals surface area contributed by atoms with E-state index in [-0.39, 0.29) is 11.7 Å². The first-order chi connectivity index (χ1) is 8.97. The normalized spacial score (nSPS) is 10.3. The van der Waals surface area contributed by atoms with Gasteiger partial charge in [0, 0.05) is 17.3 Å². The molecule has 3 heteroatoms. The number of anilines is 1. The minimum Gasteiger partial charge on any atom is -0.508 e. The van der Waals surface area contributed by atoms with E-state index >= 15 is 0 Å². The third-order valence-electron chi connectivity index (χ3n) is 3.01. The average Bonchev–Trinajstić information content (AvgIpc) is 2.27. The van der Waals surface area contributed by atoms with Crippen molar-refractivity contribution in [2.75, 3.05) is 5.32 Å². The molecule has 1 amide bonds. The number of phenols is 1. The molecule has 0 atom stereocenters. The van der Waals surface area contributed by atoms with Gasteiger partial charge in [0.15, 0.2) is 0 Å². The Labute approximate surface area is 112 Å². The average molecular weight is 255 g/mol. The predicted octanol–water partition coefficient (Wildman–Crippen LogP) is 3.57. The molecule has 0 bridgehead atoms. The lowest BCUT2D eigenvalue weighted by molar-refractivity contribution is 0.102. The molecule has 0 aliphatic rings. The van der Waals surface area contributed by atoms with Crippen LogP contribution in [0.3, 0.4) is 0 Å². The number of phenolic OH excluding ortho intramolecular Hbond substituents is 1. The van der Waals surface area contributed by atoms with Crippen LogP contribution in [-0.2, 0) is 0 Å². The van der Waals surface area contributed by atoms with Crippen molar-refractivity contribution in [2.45, 2.75) is 20.8 Å². The molecule has 98 valence electrons. The molecule has 0 aromatic heterocycles. The topological polar surface area (TPSA) is 49.3 Å². The van der Waals surface area contributed by atoms with E-state index in [2.05, 4.69) is 5.32 Å². The van der Waals surface area contributed by atoms with Crippen molar-refractivity contribution in [2.24, 2.45) is 0 Å². The highest BCUT2D eigenvalue weighted by molar-refractivity contribution is 6.06. The van der Waals surface area contributed by atoms with E-state index in [0.29, 0.717) is 11.3 Å². The molecule has 19 heavy (non-hydrogen) atoms. The van der Waals surface area contributed by atoms with Crippen LogP contribution in [0.15, 0.2) is 36.4 Å². The molecule has 0 spiro atoms. The van der Waals surface area contributed by atoms with Crippen LogP contribution in [0.25, 0.3) is 0 Å². The fourth-order valence-corrected chi connectivity index (χ4v) is 2.32. The largest absolute Gasteiger partial charge is 0.508 e. The fraction of sp³-hybridized carbons (Fsp3) is 0.188. The molecule has 3 nitrogen and oxygen atoms in total. The van der Waals surface area contributed by atoms with Crippen molar-refractivity contribution in [1.29, 1.82) is 0 Å². The summed E-state index contributed by atoms with van der Waals surface area (Å²) in [6, 6.07) is 10.5. The zero-order valence-electron chi connectivity index (χ0n) is 11.3. The van der Waals surface area contributed by atoms with Gasteiger partial charge >= 0.3 is 0 Å². The van der Waals surface area contributed by atoms with Crippen molar-refractivity contribution in [3.8, 4) is 5.75 Å². The quantitative estimate of drug-likeness (QED) is 0.861. The summed E-state index contributed by atoms with van der Waals surface area (Å²) in [7, 11) is 0. The molecule has 2 aromatic carbocycles. The number of benzene rings is 2. The van der Waals surface area contributed by atoms with Crippen LogP contribution in [0.2, 0.25) is 0 Å². The molecule has 0 fully saturated rings. The van der Waals surface area contributed by atoms with Gasteiger partial charge in [-0.05, 0) is 44.0 Å².